The molecular formula is C14H13N4OS+. The molecule has 100 valence electrons. The zero-order valence-electron chi connectivity index (χ0n) is 10.8. The van der Waals surface area contributed by atoms with E-state index in [1.54, 1.807) is 18.0 Å². The fourth-order valence-corrected chi connectivity index (χ4v) is 3.72. The Labute approximate surface area is 120 Å². The predicted molar refractivity (Wildman–Crippen MR) is 78.9 cm³/mol. The lowest BCUT2D eigenvalue weighted by atomic mass is 9.80. The van der Waals surface area contributed by atoms with Gasteiger partial charge in [-0.2, -0.15) is 0 Å². The lowest BCUT2D eigenvalue weighted by Gasteiger charge is -2.30. The first-order valence-corrected chi connectivity index (χ1v) is 7.58. The van der Waals surface area contributed by atoms with Crippen molar-refractivity contribution >= 4 is 23.2 Å². The highest BCUT2D eigenvalue weighted by atomic mass is 32.2. The van der Waals surface area contributed by atoms with Crippen LogP contribution in [0.4, 0.5) is 0 Å². The molecule has 5 nitrogen and oxygen atoms in total. The number of nitrogens with zero attached hydrogens (tertiary/aromatic N) is 4. The zero-order valence-corrected chi connectivity index (χ0v) is 11.6. The van der Waals surface area contributed by atoms with Crippen LogP contribution in [0.25, 0.3) is 5.70 Å². The van der Waals surface area contributed by atoms with Crippen molar-refractivity contribution in [2.45, 2.75) is 12.8 Å². The number of imidazole rings is 1. The molecule has 2 heterocycles. The van der Waals surface area contributed by atoms with E-state index in [-0.39, 0.29) is 5.92 Å². The van der Waals surface area contributed by atoms with Crippen molar-refractivity contribution in [3.05, 3.63) is 52.3 Å². The number of hydrogen-bond acceptors (Lipinski definition) is 3. The number of allylic oxidation sites excluding steroid dienone is 6. The van der Waals surface area contributed by atoms with E-state index in [1.807, 2.05) is 17.1 Å². The van der Waals surface area contributed by atoms with E-state index in [0.717, 1.165) is 34.0 Å². The summed E-state index contributed by atoms with van der Waals surface area (Å²) in [5.74, 6) is 0.608. The van der Waals surface area contributed by atoms with Crippen LogP contribution in [0.3, 0.4) is 0 Å². The van der Waals surface area contributed by atoms with Gasteiger partial charge in [0.25, 0.3) is 5.88 Å². The van der Waals surface area contributed by atoms with E-state index in [4.69, 9.17) is 0 Å². The molecule has 1 aliphatic heterocycles. The topological polar surface area (TPSA) is 50.3 Å². The van der Waals surface area contributed by atoms with Crippen LogP contribution >= 0.6 is 11.8 Å². The fraction of sp³-hybridized carbons (Fsp3) is 0.286. The first-order valence-electron chi connectivity index (χ1n) is 6.60. The monoisotopic (exact) mass is 285 g/mol. The van der Waals surface area contributed by atoms with Gasteiger partial charge in [0.05, 0.1) is 11.2 Å². The van der Waals surface area contributed by atoms with Crippen LogP contribution in [0.15, 0.2) is 52.5 Å². The van der Waals surface area contributed by atoms with Gasteiger partial charge >= 0.3 is 0 Å². The van der Waals surface area contributed by atoms with Crippen LogP contribution < -0.4 is 0 Å². The number of hydrazone groups is 1. The Morgan fingerprint density at radius 3 is 3.20 bits per heavy atom. The molecule has 0 N–H and O–H groups in total. The Balaban J connectivity index is 1.81. The van der Waals surface area contributed by atoms with Crippen molar-refractivity contribution in [1.82, 2.24) is 9.55 Å². The van der Waals surface area contributed by atoms with Crippen LogP contribution in [0.5, 0.6) is 0 Å². The maximum absolute atomic E-state index is 11.5. The van der Waals surface area contributed by atoms with Gasteiger partial charge in [-0.15, -0.1) is 0 Å². The molecule has 1 atom stereocenters. The minimum atomic E-state index is 0.224. The standard InChI is InChI=1S/C14H13N4OS/c19-18-9-20-13-5-4-10-11(14(13)16-18)2-1-3-12(10)17-7-6-15-8-17/h3-8,11H,1-2,9H2/q+1. The van der Waals surface area contributed by atoms with Crippen LogP contribution in [-0.2, 0) is 0 Å². The van der Waals surface area contributed by atoms with E-state index in [1.165, 1.54) is 5.57 Å². The van der Waals surface area contributed by atoms with E-state index in [0.29, 0.717) is 5.88 Å². The van der Waals surface area contributed by atoms with E-state index >= 15 is 0 Å². The quantitative estimate of drug-likeness (QED) is 0.745. The van der Waals surface area contributed by atoms with Gasteiger partial charge in [0.1, 0.15) is 5.71 Å². The summed E-state index contributed by atoms with van der Waals surface area (Å²) in [5.41, 5.74) is 3.32. The Morgan fingerprint density at radius 1 is 1.40 bits per heavy atom. The molecule has 0 radical (unpaired) electrons. The molecule has 4 rings (SSSR count). The molecule has 0 amide bonds. The van der Waals surface area contributed by atoms with Gasteiger partial charge in [-0.05, 0) is 36.3 Å². The maximum atomic E-state index is 11.5. The summed E-state index contributed by atoms with van der Waals surface area (Å²) in [5, 5.41) is 4.22. The highest BCUT2D eigenvalue weighted by Crippen LogP contribution is 2.41. The van der Waals surface area contributed by atoms with Gasteiger partial charge in [-0.1, -0.05) is 12.2 Å². The average Bonchev–Trinajstić information content (AvgIpc) is 3.00. The Hall–Kier alpha value is -1.95. The van der Waals surface area contributed by atoms with Gasteiger partial charge in [0.15, 0.2) is 4.87 Å². The number of aromatic nitrogens is 2. The largest absolute Gasteiger partial charge is 0.306 e. The van der Waals surface area contributed by atoms with Gasteiger partial charge in [-0.3, -0.25) is 0 Å². The Kier molecular flexibility index (Phi) is 2.70. The summed E-state index contributed by atoms with van der Waals surface area (Å²) < 4.78 is 2.03. The molecule has 0 aromatic carbocycles. The average molecular weight is 285 g/mol. The molecule has 3 aliphatic rings. The predicted octanol–water partition coefficient (Wildman–Crippen LogP) is 2.80. The van der Waals surface area contributed by atoms with Gasteiger partial charge in [0.2, 0.25) is 0 Å². The van der Waals surface area contributed by atoms with E-state index < -0.39 is 0 Å². The second-order valence-electron chi connectivity index (χ2n) is 4.95. The lowest BCUT2D eigenvalue weighted by Crippen LogP contribution is -2.28. The molecule has 6 heteroatoms. The minimum absolute atomic E-state index is 0.224. The summed E-state index contributed by atoms with van der Waals surface area (Å²) in [6, 6.07) is 0. The van der Waals surface area contributed by atoms with Crippen LogP contribution in [-0.4, -0.2) is 26.0 Å². The van der Waals surface area contributed by atoms with E-state index in [2.05, 4.69) is 28.3 Å². The molecule has 20 heavy (non-hydrogen) atoms. The maximum Gasteiger partial charge on any atom is 0.277 e. The second kappa shape index (κ2) is 4.56. The molecule has 0 saturated carbocycles. The summed E-state index contributed by atoms with van der Waals surface area (Å²) >= 11 is 1.57. The second-order valence-corrected chi connectivity index (χ2v) is 5.94. The first-order chi connectivity index (χ1) is 9.83. The van der Waals surface area contributed by atoms with Crippen molar-refractivity contribution in [1.29, 1.82) is 0 Å². The molecule has 0 fully saturated rings. The molecular weight excluding hydrogens is 272 g/mol. The minimum Gasteiger partial charge on any atom is -0.306 e. The summed E-state index contributed by atoms with van der Waals surface area (Å²) in [4.78, 5) is 17.6. The Bertz CT molecular complexity index is 697. The van der Waals surface area contributed by atoms with Crippen LogP contribution in [0, 0.1) is 10.8 Å². The fourth-order valence-electron chi connectivity index (χ4n) is 2.92. The highest BCUT2D eigenvalue weighted by Gasteiger charge is 2.36. The van der Waals surface area contributed by atoms with Crippen LogP contribution in [0.2, 0.25) is 0 Å². The van der Waals surface area contributed by atoms with Gasteiger partial charge in [0, 0.05) is 34.0 Å². The van der Waals surface area contributed by atoms with E-state index in [9.17, 15) is 4.91 Å². The molecule has 1 aromatic rings. The number of rotatable bonds is 1. The zero-order chi connectivity index (χ0) is 13.5. The van der Waals surface area contributed by atoms with Crippen molar-refractivity contribution in [3.63, 3.8) is 0 Å². The van der Waals surface area contributed by atoms with Crippen molar-refractivity contribution in [3.8, 4) is 0 Å². The third-order valence-corrected chi connectivity index (χ3v) is 4.80. The number of fused-ring (bicyclic) bond motifs is 3. The third-order valence-electron chi connectivity index (χ3n) is 3.79. The summed E-state index contributed by atoms with van der Waals surface area (Å²) in [7, 11) is 0. The first kappa shape index (κ1) is 11.8. The SMILES string of the molecule is O=[N+]1CSC2=CC=C3C(n4ccnc4)=CCCC3C2=N1. The van der Waals surface area contributed by atoms with Gasteiger partial charge in [-0.25, -0.2) is 4.98 Å². The summed E-state index contributed by atoms with van der Waals surface area (Å²) in [6.45, 7) is 0. The lowest BCUT2D eigenvalue weighted by molar-refractivity contribution is -0.534. The highest BCUT2D eigenvalue weighted by molar-refractivity contribution is 8.03. The molecule has 0 bridgehead atoms. The van der Waals surface area contributed by atoms with Crippen molar-refractivity contribution < 1.29 is 4.87 Å². The normalized spacial score (nSPS) is 25.0. The third kappa shape index (κ3) is 1.79. The molecule has 1 unspecified atom stereocenters. The molecule has 2 aliphatic carbocycles. The number of hydrogen-bond donors (Lipinski definition) is 0. The van der Waals surface area contributed by atoms with Gasteiger partial charge < -0.3 is 4.57 Å². The smallest absolute Gasteiger partial charge is 0.277 e. The molecule has 1 aromatic heterocycles. The number of nitroso groups, excluding NO2 is 1. The molecule has 0 saturated heterocycles. The number of thioether (sulfide) groups is 1. The Morgan fingerprint density at radius 2 is 2.35 bits per heavy atom. The van der Waals surface area contributed by atoms with Crippen molar-refractivity contribution in [2.24, 2.45) is 11.0 Å². The van der Waals surface area contributed by atoms with Crippen LogP contribution in [0.1, 0.15) is 12.8 Å². The van der Waals surface area contributed by atoms with Crippen molar-refractivity contribution in [2.75, 3.05) is 5.88 Å². The molecule has 0 spiro atoms. The summed E-state index contributed by atoms with van der Waals surface area (Å²) in [6.07, 6.45) is 14.0.